The summed E-state index contributed by atoms with van der Waals surface area (Å²) in [5.74, 6) is 1.39. The molecule has 0 atom stereocenters. The summed E-state index contributed by atoms with van der Waals surface area (Å²) in [5, 5.41) is 0.534. The van der Waals surface area contributed by atoms with E-state index in [4.69, 9.17) is 15.2 Å². The van der Waals surface area contributed by atoms with Crippen LogP contribution in [0.15, 0.2) is 24.7 Å². The summed E-state index contributed by atoms with van der Waals surface area (Å²) in [5.41, 5.74) is 6.45. The number of nitrogens with two attached hydrogens (primary N) is 1. The van der Waals surface area contributed by atoms with Gasteiger partial charge in [-0.3, -0.25) is 0 Å². The third kappa shape index (κ3) is 0.958. The molecular formula is C9H6N2O2S. The van der Waals surface area contributed by atoms with Crippen molar-refractivity contribution in [3.63, 3.8) is 0 Å². The number of nitrogen functional groups attached to an aromatic ring is 1. The lowest BCUT2D eigenvalue weighted by Gasteiger charge is -2.11. The molecule has 1 aromatic carbocycles. The Labute approximate surface area is 83.6 Å². The molecule has 2 heterocycles. The normalized spacial score (nSPS) is 13.4. The summed E-state index contributed by atoms with van der Waals surface area (Å²) < 4.78 is 11.6. The van der Waals surface area contributed by atoms with Crippen LogP contribution < -0.4 is 15.2 Å². The van der Waals surface area contributed by atoms with Gasteiger partial charge < -0.3 is 15.2 Å². The van der Waals surface area contributed by atoms with E-state index in [2.05, 4.69) is 4.98 Å². The van der Waals surface area contributed by atoms with Gasteiger partial charge in [0.15, 0.2) is 16.6 Å². The van der Waals surface area contributed by atoms with Crippen molar-refractivity contribution in [1.29, 1.82) is 0 Å². The Hall–Kier alpha value is -1.75. The fourth-order valence-corrected chi connectivity index (χ4v) is 2.18. The SMILES string of the molecule is Nc1nc2ccc3c(c2s1)OC=CO3. The van der Waals surface area contributed by atoms with Gasteiger partial charge in [-0.2, -0.15) is 0 Å². The van der Waals surface area contributed by atoms with Crippen molar-refractivity contribution >= 4 is 26.7 Å². The number of benzene rings is 1. The Kier molecular flexibility index (Phi) is 1.43. The number of thiazole rings is 1. The maximum atomic E-state index is 5.62. The molecule has 0 amide bonds. The lowest BCUT2D eigenvalue weighted by atomic mass is 10.3. The highest BCUT2D eigenvalue weighted by atomic mass is 32.1. The molecule has 3 rings (SSSR count). The Balaban J connectivity index is 2.36. The van der Waals surface area contributed by atoms with Crippen molar-refractivity contribution in [2.45, 2.75) is 0 Å². The molecule has 0 saturated carbocycles. The van der Waals surface area contributed by atoms with Crippen LogP contribution in [0.2, 0.25) is 0 Å². The molecule has 70 valence electrons. The van der Waals surface area contributed by atoms with Crippen LogP contribution in [0.5, 0.6) is 11.5 Å². The molecule has 0 fully saturated rings. The van der Waals surface area contributed by atoms with Crippen LogP contribution in [0.25, 0.3) is 10.2 Å². The molecule has 0 saturated heterocycles. The average molecular weight is 206 g/mol. The van der Waals surface area contributed by atoms with Crippen molar-refractivity contribution < 1.29 is 9.47 Å². The summed E-state index contributed by atoms with van der Waals surface area (Å²) in [6.45, 7) is 0. The van der Waals surface area contributed by atoms with E-state index >= 15 is 0 Å². The first-order valence-electron chi connectivity index (χ1n) is 4.02. The molecule has 5 heteroatoms. The molecule has 0 radical (unpaired) electrons. The molecule has 4 nitrogen and oxygen atoms in total. The first kappa shape index (κ1) is 7.64. The number of aromatic nitrogens is 1. The van der Waals surface area contributed by atoms with Gasteiger partial charge in [0.1, 0.15) is 17.2 Å². The second-order valence-electron chi connectivity index (χ2n) is 2.80. The molecule has 14 heavy (non-hydrogen) atoms. The van der Waals surface area contributed by atoms with Gasteiger partial charge in [-0.1, -0.05) is 11.3 Å². The van der Waals surface area contributed by atoms with Crippen molar-refractivity contribution in [1.82, 2.24) is 4.98 Å². The largest absolute Gasteiger partial charge is 0.458 e. The van der Waals surface area contributed by atoms with Crippen molar-refractivity contribution in [3.05, 3.63) is 24.7 Å². The van der Waals surface area contributed by atoms with E-state index < -0.39 is 0 Å². The quantitative estimate of drug-likeness (QED) is 0.717. The highest BCUT2D eigenvalue weighted by molar-refractivity contribution is 7.22. The summed E-state index contributed by atoms with van der Waals surface area (Å²) in [6.07, 6.45) is 3.00. The summed E-state index contributed by atoms with van der Waals surface area (Å²) in [4.78, 5) is 4.16. The Bertz CT molecular complexity index is 533. The van der Waals surface area contributed by atoms with Crippen LogP contribution in [0.4, 0.5) is 5.13 Å². The maximum Gasteiger partial charge on any atom is 0.188 e. The number of hydrogen-bond donors (Lipinski definition) is 1. The van der Waals surface area contributed by atoms with Gasteiger partial charge >= 0.3 is 0 Å². The fraction of sp³-hybridized carbons (Fsp3) is 0. The van der Waals surface area contributed by atoms with Crippen LogP contribution in [-0.4, -0.2) is 4.98 Å². The molecule has 0 bridgehead atoms. The molecule has 2 N–H and O–H groups in total. The fourth-order valence-electron chi connectivity index (χ4n) is 1.37. The zero-order valence-corrected chi connectivity index (χ0v) is 7.88. The number of anilines is 1. The molecule has 0 spiro atoms. The molecule has 1 aromatic heterocycles. The highest BCUT2D eigenvalue weighted by Gasteiger charge is 2.15. The minimum Gasteiger partial charge on any atom is -0.458 e. The number of rotatable bonds is 0. The first-order chi connectivity index (χ1) is 6.84. The van der Waals surface area contributed by atoms with Crippen molar-refractivity contribution in [3.8, 4) is 11.5 Å². The van der Waals surface area contributed by atoms with Crippen molar-refractivity contribution in [2.24, 2.45) is 0 Å². The molecule has 2 aromatic rings. The first-order valence-corrected chi connectivity index (χ1v) is 4.83. The number of ether oxygens (including phenoxy) is 2. The van der Waals surface area contributed by atoms with E-state index in [0.29, 0.717) is 16.6 Å². The summed E-state index contributed by atoms with van der Waals surface area (Å²) in [6, 6.07) is 3.68. The Morgan fingerprint density at radius 2 is 2.07 bits per heavy atom. The van der Waals surface area contributed by atoms with Gasteiger partial charge in [0.05, 0.1) is 5.52 Å². The molecule has 0 aliphatic carbocycles. The smallest absolute Gasteiger partial charge is 0.188 e. The predicted octanol–water partition coefficient (Wildman–Crippen LogP) is 2.12. The van der Waals surface area contributed by atoms with E-state index in [1.807, 2.05) is 12.1 Å². The number of hydrogen-bond acceptors (Lipinski definition) is 5. The lowest BCUT2D eigenvalue weighted by Crippen LogP contribution is -1.95. The summed E-state index contributed by atoms with van der Waals surface area (Å²) >= 11 is 1.39. The predicted molar refractivity (Wildman–Crippen MR) is 54.4 cm³/mol. The van der Waals surface area contributed by atoms with Crippen LogP contribution in [0.3, 0.4) is 0 Å². The lowest BCUT2D eigenvalue weighted by molar-refractivity contribution is 0.366. The topological polar surface area (TPSA) is 57.4 Å². The van der Waals surface area contributed by atoms with Gasteiger partial charge in [0.25, 0.3) is 0 Å². The molecular weight excluding hydrogens is 200 g/mol. The van der Waals surface area contributed by atoms with E-state index in [0.717, 1.165) is 10.2 Å². The molecule has 1 aliphatic rings. The van der Waals surface area contributed by atoms with Gasteiger partial charge in [0, 0.05) is 0 Å². The van der Waals surface area contributed by atoms with E-state index in [9.17, 15) is 0 Å². The maximum absolute atomic E-state index is 5.62. The third-order valence-corrected chi connectivity index (χ3v) is 2.83. The summed E-state index contributed by atoms with van der Waals surface area (Å²) in [7, 11) is 0. The molecule has 1 aliphatic heterocycles. The van der Waals surface area contributed by atoms with Crippen molar-refractivity contribution in [2.75, 3.05) is 5.73 Å². The standard InChI is InChI=1S/C9H6N2O2S/c10-9-11-5-1-2-6-7(8(5)14-9)13-4-3-12-6/h1-4H,(H2,10,11). The van der Waals surface area contributed by atoms with E-state index in [1.165, 1.54) is 23.9 Å². The minimum absolute atomic E-state index is 0.534. The van der Waals surface area contributed by atoms with Crippen LogP contribution in [-0.2, 0) is 0 Å². The number of nitrogens with zero attached hydrogens (tertiary/aromatic N) is 1. The van der Waals surface area contributed by atoms with Gasteiger partial charge in [-0.05, 0) is 12.1 Å². The second-order valence-corrected chi connectivity index (χ2v) is 3.83. The zero-order chi connectivity index (χ0) is 9.54. The average Bonchev–Trinajstić information content (AvgIpc) is 2.59. The van der Waals surface area contributed by atoms with Gasteiger partial charge in [0.2, 0.25) is 0 Å². The zero-order valence-electron chi connectivity index (χ0n) is 7.06. The Morgan fingerprint density at radius 1 is 1.21 bits per heavy atom. The van der Waals surface area contributed by atoms with E-state index in [-0.39, 0.29) is 0 Å². The monoisotopic (exact) mass is 206 g/mol. The van der Waals surface area contributed by atoms with Crippen LogP contribution in [0, 0.1) is 0 Å². The third-order valence-electron chi connectivity index (χ3n) is 1.93. The molecule has 0 unspecified atom stereocenters. The Morgan fingerprint density at radius 3 is 3.00 bits per heavy atom. The highest BCUT2D eigenvalue weighted by Crippen LogP contribution is 2.41. The minimum atomic E-state index is 0.534. The van der Waals surface area contributed by atoms with Crippen LogP contribution in [0.1, 0.15) is 0 Å². The second kappa shape index (κ2) is 2.62. The van der Waals surface area contributed by atoms with Gasteiger partial charge in [-0.25, -0.2) is 4.98 Å². The number of fused-ring (bicyclic) bond motifs is 3. The van der Waals surface area contributed by atoms with E-state index in [1.54, 1.807) is 0 Å². The van der Waals surface area contributed by atoms with Gasteiger partial charge in [-0.15, -0.1) is 0 Å². The van der Waals surface area contributed by atoms with Crippen LogP contribution >= 0.6 is 11.3 Å².